The second-order valence-corrected chi connectivity index (χ2v) is 4.33. The number of nitriles is 1. The Balaban J connectivity index is 0.000000171. The summed E-state index contributed by atoms with van der Waals surface area (Å²) in [5, 5.41) is 12.8. The molecule has 0 aromatic heterocycles. The lowest BCUT2D eigenvalue weighted by Crippen LogP contribution is -2.21. The van der Waals surface area contributed by atoms with Crippen molar-refractivity contribution in [3.05, 3.63) is 34.3 Å². The molecule has 1 atom stereocenters. The molecule has 1 heterocycles. The molecule has 1 aliphatic heterocycles. The highest BCUT2D eigenvalue weighted by Crippen LogP contribution is 2.19. The summed E-state index contributed by atoms with van der Waals surface area (Å²) in [6, 6.07) is 9.35. The van der Waals surface area contributed by atoms with E-state index in [9.17, 15) is 0 Å². The summed E-state index contributed by atoms with van der Waals surface area (Å²) in [6.07, 6.45) is 0. The topological polar surface area (TPSA) is 45.0 Å². The van der Waals surface area contributed by atoms with Crippen molar-refractivity contribution in [2.45, 2.75) is 0 Å². The zero-order valence-electron chi connectivity index (χ0n) is 9.33. The number of ether oxygens (including phenoxy) is 1. The molecule has 3 nitrogen and oxygen atoms in total. The molecular weight excluding hydrogens is 259 g/mol. The minimum absolute atomic E-state index is 0.0486. The molecule has 0 amide bonds. The predicted molar refractivity (Wildman–Crippen MR) is 69.3 cm³/mol. The van der Waals surface area contributed by atoms with Gasteiger partial charge in [-0.2, -0.15) is 5.26 Å². The summed E-state index contributed by atoms with van der Waals surface area (Å²) in [5.41, 5.74) is 0. The van der Waals surface area contributed by atoms with Gasteiger partial charge in [-0.05, 0) is 12.1 Å². The SMILES string of the molecule is Clc1ccccc1Cl.N#CC1CNCCOC1. The Bertz CT molecular complexity index is 350. The molecule has 0 radical (unpaired) electrons. The van der Waals surface area contributed by atoms with Gasteiger partial charge >= 0.3 is 0 Å². The first kappa shape index (κ1) is 14.3. The number of hydrogen-bond donors (Lipinski definition) is 1. The number of hydrogen-bond acceptors (Lipinski definition) is 3. The molecule has 1 aromatic rings. The lowest BCUT2D eigenvalue weighted by atomic mass is 10.2. The van der Waals surface area contributed by atoms with Gasteiger partial charge in [-0.3, -0.25) is 0 Å². The maximum Gasteiger partial charge on any atom is 0.0821 e. The first-order valence-corrected chi connectivity index (χ1v) is 6.07. The summed E-state index contributed by atoms with van der Waals surface area (Å²) >= 11 is 11.2. The van der Waals surface area contributed by atoms with E-state index in [-0.39, 0.29) is 5.92 Å². The minimum Gasteiger partial charge on any atom is -0.379 e. The van der Waals surface area contributed by atoms with Crippen LogP contribution in [0.1, 0.15) is 0 Å². The Morgan fingerprint density at radius 1 is 1.29 bits per heavy atom. The van der Waals surface area contributed by atoms with Gasteiger partial charge in [0.15, 0.2) is 0 Å². The van der Waals surface area contributed by atoms with E-state index in [4.69, 9.17) is 33.2 Å². The van der Waals surface area contributed by atoms with Crippen molar-refractivity contribution < 1.29 is 4.74 Å². The zero-order chi connectivity index (χ0) is 12.5. The van der Waals surface area contributed by atoms with E-state index in [1.165, 1.54) is 0 Å². The second kappa shape index (κ2) is 8.32. The van der Waals surface area contributed by atoms with Crippen LogP contribution in [0.2, 0.25) is 10.0 Å². The van der Waals surface area contributed by atoms with Crippen molar-refractivity contribution >= 4 is 23.2 Å². The fraction of sp³-hybridized carbons (Fsp3) is 0.417. The van der Waals surface area contributed by atoms with Crippen LogP contribution in [0.3, 0.4) is 0 Å². The smallest absolute Gasteiger partial charge is 0.0821 e. The van der Waals surface area contributed by atoms with Crippen LogP contribution in [0.25, 0.3) is 0 Å². The second-order valence-electron chi connectivity index (χ2n) is 3.52. The summed E-state index contributed by atoms with van der Waals surface area (Å²) in [6.45, 7) is 2.97. The summed E-state index contributed by atoms with van der Waals surface area (Å²) in [5.74, 6) is 0.0486. The number of nitrogens with one attached hydrogen (secondary N) is 1. The molecule has 0 bridgehead atoms. The van der Waals surface area contributed by atoms with Crippen LogP contribution in [0.4, 0.5) is 0 Å². The molecule has 0 aliphatic carbocycles. The van der Waals surface area contributed by atoms with Crippen LogP contribution in [0.5, 0.6) is 0 Å². The third-order valence-electron chi connectivity index (χ3n) is 2.14. The van der Waals surface area contributed by atoms with Crippen LogP contribution >= 0.6 is 23.2 Å². The fourth-order valence-electron chi connectivity index (χ4n) is 1.23. The molecule has 1 unspecified atom stereocenters. The Labute approximate surface area is 111 Å². The third kappa shape index (κ3) is 5.90. The first-order chi connectivity index (χ1) is 8.24. The fourth-order valence-corrected chi connectivity index (χ4v) is 1.50. The van der Waals surface area contributed by atoms with E-state index in [2.05, 4.69) is 11.4 Å². The molecule has 1 fully saturated rings. The van der Waals surface area contributed by atoms with Crippen LogP contribution in [-0.2, 0) is 4.74 Å². The maximum atomic E-state index is 8.45. The standard InChI is InChI=1S/C6H4Cl2.C6H10N2O/c7-5-3-1-2-4-6(5)8;7-3-6-4-8-1-2-9-5-6/h1-4H;6,8H,1-2,4-5H2. The van der Waals surface area contributed by atoms with Gasteiger partial charge in [-0.15, -0.1) is 0 Å². The third-order valence-corrected chi connectivity index (χ3v) is 2.90. The molecule has 1 aliphatic rings. The summed E-state index contributed by atoms with van der Waals surface area (Å²) in [4.78, 5) is 0. The van der Waals surface area contributed by atoms with Gasteiger partial charge in [-0.1, -0.05) is 35.3 Å². The van der Waals surface area contributed by atoms with E-state index in [1.807, 2.05) is 12.1 Å². The monoisotopic (exact) mass is 272 g/mol. The molecule has 0 saturated carbocycles. The first-order valence-electron chi connectivity index (χ1n) is 5.32. The van der Waals surface area contributed by atoms with Gasteiger partial charge < -0.3 is 10.1 Å². The molecule has 2 rings (SSSR count). The van der Waals surface area contributed by atoms with E-state index in [0.29, 0.717) is 16.7 Å². The van der Waals surface area contributed by atoms with Crippen LogP contribution < -0.4 is 5.32 Å². The number of halogens is 2. The van der Waals surface area contributed by atoms with E-state index in [0.717, 1.165) is 19.7 Å². The largest absolute Gasteiger partial charge is 0.379 e. The minimum atomic E-state index is 0.0486. The summed E-state index contributed by atoms with van der Waals surface area (Å²) < 4.78 is 5.11. The van der Waals surface area contributed by atoms with Gasteiger partial charge in [0, 0.05) is 13.1 Å². The molecule has 1 N–H and O–H groups in total. The Morgan fingerprint density at radius 2 is 1.94 bits per heavy atom. The van der Waals surface area contributed by atoms with Crippen LogP contribution in [0.15, 0.2) is 24.3 Å². The van der Waals surface area contributed by atoms with Crippen molar-refractivity contribution in [3.63, 3.8) is 0 Å². The molecule has 1 saturated heterocycles. The highest BCUT2D eigenvalue weighted by atomic mass is 35.5. The van der Waals surface area contributed by atoms with Crippen molar-refractivity contribution in [1.82, 2.24) is 5.32 Å². The highest BCUT2D eigenvalue weighted by molar-refractivity contribution is 6.41. The Hall–Kier alpha value is -0.790. The molecule has 1 aromatic carbocycles. The van der Waals surface area contributed by atoms with E-state index < -0.39 is 0 Å². The van der Waals surface area contributed by atoms with Gasteiger partial charge in [0.05, 0.1) is 35.2 Å². The quantitative estimate of drug-likeness (QED) is 0.790. The van der Waals surface area contributed by atoms with Gasteiger partial charge in [0.1, 0.15) is 0 Å². The van der Waals surface area contributed by atoms with Crippen LogP contribution in [0, 0.1) is 17.2 Å². The molecular formula is C12H14Cl2N2O. The van der Waals surface area contributed by atoms with Gasteiger partial charge in [0.2, 0.25) is 0 Å². The van der Waals surface area contributed by atoms with Gasteiger partial charge in [0.25, 0.3) is 0 Å². The number of nitrogens with zero attached hydrogens (tertiary/aromatic N) is 1. The average Bonchev–Trinajstić information content (AvgIpc) is 2.62. The Morgan fingerprint density at radius 3 is 2.47 bits per heavy atom. The predicted octanol–water partition coefficient (Wildman–Crippen LogP) is 2.74. The normalized spacial score (nSPS) is 19.5. The lowest BCUT2D eigenvalue weighted by molar-refractivity contribution is 0.137. The zero-order valence-corrected chi connectivity index (χ0v) is 10.8. The maximum absolute atomic E-state index is 8.45. The lowest BCUT2D eigenvalue weighted by Gasteiger charge is -2.00. The Kier molecular flexibility index (Phi) is 6.99. The van der Waals surface area contributed by atoms with Crippen molar-refractivity contribution in [3.8, 4) is 6.07 Å². The van der Waals surface area contributed by atoms with Crippen molar-refractivity contribution in [1.29, 1.82) is 5.26 Å². The molecule has 0 spiro atoms. The molecule has 5 heteroatoms. The molecule has 17 heavy (non-hydrogen) atoms. The molecule has 92 valence electrons. The summed E-state index contributed by atoms with van der Waals surface area (Å²) in [7, 11) is 0. The van der Waals surface area contributed by atoms with Crippen molar-refractivity contribution in [2.75, 3.05) is 26.3 Å². The van der Waals surface area contributed by atoms with E-state index in [1.54, 1.807) is 12.1 Å². The van der Waals surface area contributed by atoms with Gasteiger partial charge in [-0.25, -0.2) is 0 Å². The highest BCUT2D eigenvalue weighted by Gasteiger charge is 2.09. The number of benzene rings is 1. The average molecular weight is 273 g/mol. The van der Waals surface area contributed by atoms with E-state index >= 15 is 0 Å². The van der Waals surface area contributed by atoms with Crippen molar-refractivity contribution in [2.24, 2.45) is 5.92 Å². The van der Waals surface area contributed by atoms with Crippen LogP contribution in [-0.4, -0.2) is 26.3 Å². The number of rotatable bonds is 0.